The number of nitrogens with zero attached hydrogens (tertiary/aromatic N) is 5. The molecule has 1 amide bonds. The van der Waals surface area contributed by atoms with Crippen LogP contribution in [-0.2, 0) is 0 Å². The van der Waals surface area contributed by atoms with Gasteiger partial charge in [-0.15, -0.1) is 0 Å². The first-order chi connectivity index (χ1) is 16.1. The topological polar surface area (TPSA) is 146 Å². The molecule has 2 aromatic carbocycles. The van der Waals surface area contributed by atoms with Gasteiger partial charge in [0.2, 0.25) is 0 Å². The Morgan fingerprint density at radius 2 is 1.71 bits per heavy atom. The molecule has 0 bridgehead atoms. The van der Waals surface area contributed by atoms with Crippen LogP contribution in [0, 0.1) is 47.9 Å². The zero-order valence-corrected chi connectivity index (χ0v) is 18.8. The van der Waals surface area contributed by atoms with Crippen molar-refractivity contribution in [2.75, 3.05) is 5.32 Å². The first-order valence-corrected chi connectivity index (χ1v) is 10.3. The number of anilines is 1. The molecule has 1 N–H and O–H groups in total. The monoisotopic (exact) mass is 460 g/mol. The Kier molecular flexibility index (Phi) is 5.53. The Hall–Kier alpha value is -4.67. The molecule has 0 aliphatic rings. The van der Waals surface area contributed by atoms with Gasteiger partial charge in [0, 0.05) is 23.1 Å². The van der Waals surface area contributed by atoms with E-state index in [2.05, 4.69) is 10.4 Å². The number of nitro benzene ring substituents is 2. The quantitative estimate of drug-likeness (QED) is 0.335. The molecule has 0 aliphatic carbocycles. The number of nitrogens with one attached hydrogen (secondary N) is 1. The SMILES string of the molecule is Cc1cc(NC(=O)c2cc([N+](=O)[O-])cc([N+](=O)[O-])c2C)n(-c2cc(C)c3cccc(C)c3n2)n1. The van der Waals surface area contributed by atoms with E-state index in [1.807, 2.05) is 38.1 Å². The number of amides is 1. The summed E-state index contributed by atoms with van der Waals surface area (Å²) in [6.45, 7) is 7.02. The number of carbonyl (C=O) groups excluding carboxylic acids is 1. The molecule has 0 fully saturated rings. The Balaban J connectivity index is 1.79. The van der Waals surface area contributed by atoms with E-state index in [0.29, 0.717) is 11.5 Å². The molecule has 11 heteroatoms. The Bertz CT molecular complexity index is 1510. The van der Waals surface area contributed by atoms with E-state index in [4.69, 9.17) is 4.98 Å². The van der Waals surface area contributed by atoms with Crippen molar-refractivity contribution in [2.45, 2.75) is 27.7 Å². The van der Waals surface area contributed by atoms with E-state index in [0.717, 1.165) is 34.2 Å². The number of hydrogen-bond donors (Lipinski definition) is 1. The number of rotatable bonds is 5. The van der Waals surface area contributed by atoms with E-state index >= 15 is 0 Å². The molecule has 0 unspecified atom stereocenters. The number of non-ortho nitro benzene ring substituents is 1. The standard InChI is InChI=1S/C23H20N6O5/c1-12-6-5-7-17-13(2)8-20(24-22(12)17)27-21(9-14(3)26-27)25-23(30)18-10-16(28(31)32)11-19(15(18)4)29(33)34/h5-11H,1-4H3,(H,25,30). The van der Waals surface area contributed by atoms with Gasteiger partial charge in [-0.05, 0) is 44.9 Å². The fourth-order valence-electron chi connectivity index (χ4n) is 3.81. The van der Waals surface area contributed by atoms with Crippen molar-refractivity contribution in [3.8, 4) is 5.82 Å². The predicted octanol–water partition coefficient (Wildman–Crippen LogP) is 4.72. The Labute approximate surface area is 193 Å². The van der Waals surface area contributed by atoms with E-state index in [9.17, 15) is 25.0 Å². The van der Waals surface area contributed by atoms with Crippen LogP contribution in [0.2, 0.25) is 0 Å². The van der Waals surface area contributed by atoms with Gasteiger partial charge in [-0.3, -0.25) is 25.0 Å². The molecule has 0 aliphatic heterocycles. The smallest absolute Gasteiger partial charge is 0.279 e. The second-order valence-corrected chi connectivity index (χ2v) is 7.96. The van der Waals surface area contributed by atoms with Crippen LogP contribution < -0.4 is 5.32 Å². The summed E-state index contributed by atoms with van der Waals surface area (Å²) in [5.74, 6) is 0.0134. The molecule has 2 heterocycles. The maximum Gasteiger partial charge on any atom is 0.279 e. The molecule has 4 rings (SSSR count). The van der Waals surface area contributed by atoms with Gasteiger partial charge >= 0.3 is 0 Å². The average Bonchev–Trinajstić information content (AvgIpc) is 3.13. The first kappa shape index (κ1) is 22.5. The number of aryl methyl sites for hydroxylation is 3. The van der Waals surface area contributed by atoms with Crippen molar-refractivity contribution >= 4 is 34.0 Å². The Morgan fingerprint density at radius 1 is 0.971 bits per heavy atom. The highest BCUT2D eigenvalue weighted by molar-refractivity contribution is 6.06. The van der Waals surface area contributed by atoms with E-state index in [-0.39, 0.29) is 16.9 Å². The van der Waals surface area contributed by atoms with Crippen LogP contribution in [0.5, 0.6) is 0 Å². The largest absolute Gasteiger partial charge is 0.306 e. The minimum atomic E-state index is -0.776. The Morgan fingerprint density at radius 3 is 2.38 bits per heavy atom. The van der Waals surface area contributed by atoms with Gasteiger partial charge in [0.25, 0.3) is 17.3 Å². The summed E-state index contributed by atoms with van der Waals surface area (Å²) in [5, 5.41) is 30.7. The first-order valence-electron chi connectivity index (χ1n) is 10.3. The van der Waals surface area contributed by atoms with Gasteiger partial charge in [0.05, 0.1) is 32.7 Å². The summed E-state index contributed by atoms with van der Waals surface area (Å²) in [6, 6.07) is 11.2. The molecule has 0 atom stereocenters. The molecule has 11 nitrogen and oxygen atoms in total. The van der Waals surface area contributed by atoms with Crippen LogP contribution in [0.3, 0.4) is 0 Å². The summed E-state index contributed by atoms with van der Waals surface area (Å²) < 4.78 is 1.47. The van der Waals surface area contributed by atoms with Crippen molar-refractivity contribution in [3.63, 3.8) is 0 Å². The number of pyridine rings is 1. The molecule has 172 valence electrons. The molecule has 34 heavy (non-hydrogen) atoms. The second kappa shape index (κ2) is 8.35. The minimum Gasteiger partial charge on any atom is -0.306 e. The molecule has 0 saturated heterocycles. The van der Waals surface area contributed by atoms with Crippen LogP contribution in [-0.4, -0.2) is 30.5 Å². The fraction of sp³-hybridized carbons (Fsp3) is 0.174. The lowest BCUT2D eigenvalue weighted by atomic mass is 10.0. The van der Waals surface area contributed by atoms with E-state index in [1.165, 1.54) is 11.6 Å². The van der Waals surface area contributed by atoms with Crippen LogP contribution in [0.15, 0.2) is 42.5 Å². The van der Waals surface area contributed by atoms with Gasteiger partial charge in [-0.1, -0.05) is 18.2 Å². The van der Waals surface area contributed by atoms with Crippen molar-refractivity contribution in [1.82, 2.24) is 14.8 Å². The van der Waals surface area contributed by atoms with Crippen LogP contribution in [0.25, 0.3) is 16.7 Å². The average molecular weight is 460 g/mol. The van der Waals surface area contributed by atoms with Crippen molar-refractivity contribution in [3.05, 3.63) is 90.6 Å². The van der Waals surface area contributed by atoms with Crippen molar-refractivity contribution < 1.29 is 14.6 Å². The van der Waals surface area contributed by atoms with Crippen molar-refractivity contribution in [2.24, 2.45) is 0 Å². The highest BCUT2D eigenvalue weighted by atomic mass is 16.6. The number of fused-ring (bicyclic) bond motifs is 1. The molecule has 4 aromatic rings. The van der Waals surface area contributed by atoms with Crippen LogP contribution in [0.1, 0.15) is 32.7 Å². The molecule has 0 radical (unpaired) electrons. The molecule has 0 spiro atoms. The summed E-state index contributed by atoms with van der Waals surface area (Å²) in [5.41, 5.74) is 2.14. The normalized spacial score (nSPS) is 10.9. The number of hydrogen-bond acceptors (Lipinski definition) is 7. The number of carbonyl (C=O) groups is 1. The van der Waals surface area contributed by atoms with Crippen molar-refractivity contribution in [1.29, 1.82) is 0 Å². The summed E-state index contributed by atoms with van der Waals surface area (Å²) in [6.07, 6.45) is 0. The zero-order valence-electron chi connectivity index (χ0n) is 18.8. The minimum absolute atomic E-state index is 0.0196. The van der Waals surface area contributed by atoms with Gasteiger partial charge in [0.15, 0.2) is 5.82 Å². The third-order valence-electron chi connectivity index (χ3n) is 5.54. The lowest BCUT2D eigenvalue weighted by Gasteiger charge is -2.12. The molecular formula is C23H20N6O5. The number of nitro groups is 2. The third-order valence-corrected chi connectivity index (χ3v) is 5.54. The van der Waals surface area contributed by atoms with E-state index in [1.54, 1.807) is 13.0 Å². The molecule has 0 saturated carbocycles. The number of para-hydroxylation sites is 1. The van der Waals surface area contributed by atoms with Gasteiger partial charge in [0.1, 0.15) is 5.82 Å². The summed E-state index contributed by atoms with van der Waals surface area (Å²) >= 11 is 0. The predicted molar refractivity (Wildman–Crippen MR) is 126 cm³/mol. The summed E-state index contributed by atoms with van der Waals surface area (Å²) in [7, 11) is 0. The fourth-order valence-corrected chi connectivity index (χ4v) is 3.81. The lowest BCUT2D eigenvalue weighted by molar-refractivity contribution is -0.394. The van der Waals surface area contributed by atoms with Gasteiger partial charge in [-0.25, -0.2) is 4.98 Å². The van der Waals surface area contributed by atoms with E-state index < -0.39 is 27.1 Å². The van der Waals surface area contributed by atoms with Crippen LogP contribution in [0.4, 0.5) is 17.2 Å². The van der Waals surface area contributed by atoms with Gasteiger partial charge < -0.3 is 5.32 Å². The molecule has 2 aromatic heterocycles. The maximum atomic E-state index is 13.1. The lowest BCUT2D eigenvalue weighted by Crippen LogP contribution is -2.17. The molecular weight excluding hydrogens is 440 g/mol. The highest BCUT2D eigenvalue weighted by Crippen LogP contribution is 2.29. The summed E-state index contributed by atoms with van der Waals surface area (Å²) in [4.78, 5) is 38.9. The second-order valence-electron chi connectivity index (χ2n) is 7.96. The van der Waals surface area contributed by atoms with Gasteiger partial charge in [-0.2, -0.15) is 9.78 Å². The highest BCUT2D eigenvalue weighted by Gasteiger charge is 2.25. The number of benzene rings is 2. The number of aromatic nitrogens is 3. The third kappa shape index (κ3) is 3.94. The zero-order chi connectivity index (χ0) is 24.7. The van der Waals surface area contributed by atoms with Crippen LogP contribution >= 0.6 is 0 Å². The maximum absolute atomic E-state index is 13.1.